The van der Waals surface area contributed by atoms with E-state index in [1.54, 1.807) is 18.7 Å². The first kappa shape index (κ1) is 13.8. The van der Waals surface area contributed by atoms with E-state index in [0.717, 1.165) is 5.75 Å². The maximum atomic E-state index is 9.26. The molecule has 3 unspecified atom stereocenters. The average molecular weight is 216 g/mol. The van der Waals surface area contributed by atoms with E-state index >= 15 is 0 Å². The smallest absolute Gasteiger partial charge is 0.105 e. The van der Waals surface area contributed by atoms with Crippen molar-refractivity contribution in [3.8, 4) is 6.07 Å². The van der Waals surface area contributed by atoms with E-state index in [4.69, 9.17) is 5.26 Å². The Morgan fingerprint density at radius 3 is 2.29 bits per heavy atom. The maximum Gasteiger partial charge on any atom is 0.105 e. The second-order valence-corrected chi connectivity index (χ2v) is 5.19. The highest BCUT2D eigenvalue weighted by molar-refractivity contribution is 8.00. The number of hydrogen-bond donors (Lipinski definition) is 2. The van der Waals surface area contributed by atoms with Crippen molar-refractivity contribution in [3.63, 3.8) is 0 Å². The highest BCUT2D eigenvalue weighted by Gasteiger charge is 2.14. The molecule has 4 heteroatoms. The first-order valence-corrected chi connectivity index (χ1v) is 5.97. The van der Waals surface area contributed by atoms with E-state index in [0.29, 0.717) is 6.04 Å². The van der Waals surface area contributed by atoms with Gasteiger partial charge < -0.3 is 5.11 Å². The summed E-state index contributed by atoms with van der Waals surface area (Å²) in [7, 11) is 0. The Kier molecular flexibility index (Phi) is 6.98. The van der Waals surface area contributed by atoms with Crippen LogP contribution in [0, 0.1) is 11.3 Å². The van der Waals surface area contributed by atoms with Crippen molar-refractivity contribution in [1.82, 2.24) is 5.32 Å². The minimum absolute atomic E-state index is 0.124. The fraction of sp³-hybridized carbons (Fsp3) is 0.900. The molecule has 0 heterocycles. The second kappa shape index (κ2) is 7.10. The van der Waals surface area contributed by atoms with Gasteiger partial charge in [-0.2, -0.15) is 17.0 Å². The maximum absolute atomic E-state index is 9.26. The lowest BCUT2D eigenvalue weighted by Crippen LogP contribution is -2.36. The van der Waals surface area contributed by atoms with E-state index in [2.05, 4.69) is 11.4 Å². The molecule has 2 N–H and O–H groups in total. The molecule has 0 aromatic rings. The number of aliphatic hydroxyl groups is 1. The predicted octanol–water partition coefficient (Wildman–Crippen LogP) is 1.38. The van der Waals surface area contributed by atoms with E-state index < -0.39 is 0 Å². The molecule has 82 valence electrons. The number of aliphatic hydroxyl groups excluding tert-OH is 1. The molecule has 0 aromatic carbocycles. The largest absolute Gasteiger partial charge is 0.392 e. The van der Waals surface area contributed by atoms with Gasteiger partial charge in [0.2, 0.25) is 0 Å². The molecule has 0 aliphatic carbocycles. The van der Waals surface area contributed by atoms with Crippen LogP contribution >= 0.6 is 11.8 Å². The lowest BCUT2D eigenvalue weighted by Gasteiger charge is -2.18. The third-order valence-corrected chi connectivity index (χ3v) is 3.34. The normalized spacial score (nSPS) is 17.5. The Hall–Kier alpha value is -0.240. The van der Waals surface area contributed by atoms with Gasteiger partial charge in [-0.1, -0.05) is 6.92 Å². The third-order valence-electron chi connectivity index (χ3n) is 1.90. The lowest BCUT2D eigenvalue weighted by atomic mass is 10.3. The number of hydrogen-bond acceptors (Lipinski definition) is 4. The van der Waals surface area contributed by atoms with Crippen LogP contribution in [0.25, 0.3) is 0 Å². The number of nitrogens with zero attached hydrogens (tertiary/aromatic N) is 1. The van der Waals surface area contributed by atoms with Crippen molar-refractivity contribution in [1.29, 1.82) is 5.26 Å². The SMILES string of the molecule is CC(C)NC(C#N)CSC(C)C(C)O. The molecule has 0 rings (SSSR count). The number of nitriles is 1. The van der Waals surface area contributed by atoms with Gasteiger partial charge in [-0.3, -0.25) is 5.32 Å². The van der Waals surface area contributed by atoms with Gasteiger partial charge in [0, 0.05) is 17.0 Å². The van der Waals surface area contributed by atoms with Gasteiger partial charge in [0.1, 0.15) is 6.04 Å². The highest BCUT2D eigenvalue weighted by atomic mass is 32.2. The van der Waals surface area contributed by atoms with Crippen LogP contribution in [-0.2, 0) is 0 Å². The van der Waals surface area contributed by atoms with E-state index in [1.807, 2.05) is 20.8 Å². The second-order valence-electron chi connectivity index (χ2n) is 3.78. The summed E-state index contributed by atoms with van der Waals surface area (Å²) < 4.78 is 0. The van der Waals surface area contributed by atoms with Crippen LogP contribution in [-0.4, -0.2) is 34.3 Å². The molecule has 14 heavy (non-hydrogen) atoms. The molecule has 0 fully saturated rings. The fourth-order valence-corrected chi connectivity index (χ4v) is 1.86. The van der Waals surface area contributed by atoms with Crippen molar-refractivity contribution in [2.24, 2.45) is 0 Å². The van der Waals surface area contributed by atoms with E-state index in [1.165, 1.54) is 0 Å². The zero-order chi connectivity index (χ0) is 11.1. The van der Waals surface area contributed by atoms with Crippen LogP contribution in [0.15, 0.2) is 0 Å². The summed E-state index contributed by atoms with van der Waals surface area (Å²) in [5, 5.41) is 21.4. The Bertz CT molecular complexity index is 189. The van der Waals surface area contributed by atoms with Crippen molar-refractivity contribution < 1.29 is 5.11 Å². The van der Waals surface area contributed by atoms with Gasteiger partial charge in [-0.15, -0.1) is 0 Å². The van der Waals surface area contributed by atoms with E-state index in [-0.39, 0.29) is 17.4 Å². The van der Waals surface area contributed by atoms with Crippen LogP contribution in [0.1, 0.15) is 27.7 Å². The molecule has 0 aliphatic heterocycles. The van der Waals surface area contributed by atoms with Crippen LogP contribution in [0.2, 0.25) is 0 Å². The first-order chi connectivity index (χ1) is 6.47. The standard InChI is InChI=1S/C10H20N2OS/c1-7(2)12-10(5-11)6-14-9(4)8(3)13/h7-10,12-13H,6H2,1-4H3. The highest BCUT2D eigenvalue weighted by Crippen LogP contribution is 2.15. The quantitative estimate of drug-likeness (QED) is 0.704. The van der Waals surface area contributed by atoms with Crippen molar-refractivity contribution in [2.75, 3.05) is 5.75 Å². The Labute approximate surface area is 90.9 Å². The van der Waals surface area contributed by atoms with Gasteiger partial charge in [0.15, 0.2) is 0 Å². The monoisotopic (exact) mass is 216 g/mol. The molecule has 0 aliphatic rings. The van der Waals surface area contributed by atoms with Gasteiger partial charge in [0.05, 0.1) is 12.2 Å². The Morgan fingerprint density at radius 1 is 1.36 bits per heavy atom. The number of nitrogens with one attached hydrogen (secondary N) is 1. The fourth-order valence-electron chi connectivity index (χ4n) is 0.912. The van der Waals surface area contributed by atoms with E-state index in [9.17, 15) is 5.11 Å². The molecular formula is C10H20N2OS. The molecular weight excluding hydrogens is 196 g/mol. The zero-order valence-electron chi connectivity index (χ0n) is 9.32. The Morgan fingerprint density at radius 2 is 1.93 bits per heavy atom. The summed E-state index contributed by atoms with van der Waals surface area (Å²) in [6, 6.07) is 2.41. The van der Waals surface area contributed by atoms with Crippen molar-refractivity contribution in [3.05, 3.63) is 0 Å². The van der Waals surface area contributed by atoms with Crippen molar-refractivity contribution in [2.45, 2.75) is 51.1 Å². The predicted molar refractivity (Wildman–Crippen MR) is 61.3 cm³/mol. The minimum atomic E-state index is -0.321. The number of thioether (sulfide) groups is 1. The Balaban J connectivity index is 3.79. The van der Waals surface area contributed by atoms with Crippen molar-refractivity contribution >= 4 is 11.8 Å². The lowest BCUT2D eigenvalue weighted by molar-refractivity contribution is 0.196. The molecule has 3 nitrogen and oxygen atoms in total. The molecule has 0 radical (unpaired) electrons. The molecule has 3 atom stereocenters. The minimum Gasteiger partial charge on any atom is -0.392 e. The zero-order valence-corrected chi connectivity index (χ0v) is 10.1. The van der Waals surface area contributed by atoms with Gasteiger partial charge in [-0.25, -0.2) is 0 Å². The number of rotatable bonds is 6. The van der Waals surface area contributed by atoms with Crippen LogP contribution in [0.5, 0.6) is 0 Å². The molecule has 0 bridgehead atoms. The van der Waals surface area contributed by atoms with Crippen LogP contribution in [0.3, 0.4) is 0 Å². The molecule has 0 aromatic heterocycles. The topological polar surface area (TPSA) is 56.0 Å². The average Bonchev–Trinajstić information content (AvgIpc) is 2.10. The molecule has 0 saturated carbocycles. The summed E-state index contributed by atoms with van der Waals surface area (Å²) >= 11 is 1.62. The van der Waals surface area contributed by atoms with Crippen LogP contribution < -0.4 is 5.32 Å². The van der Waals surface area contributed by atoms with Gasteiger partial charge in [0.25, 0.3) is 0 Å². The summed E-state index contributed by atoms with van der Waals surface area (Å²) in [6.07, 6.45) is -0.321. The summed E-state index contributed by atoms with van der Waals surface area (Å²) in [5.74, 6) is 0.723. The van der Waals surface area contributed by atoms with Crippen LogP contribution in [0.4, 0.5) is 0 Å². The summed E-state index contributed by atoms with van der Waals surface area (Å²) in [4.78, 5) is 0. The molecule has 0 amide bonds. The summed E-state index contributed by atoms with van der Waals surface area (Å²) in [5.41, 5.74) is 0. The third kappa shape index (κ3) is 6.25. The first-order valence-electron chi connectivity index (χ1n) is 4.92. The van der Waals surface area contributed by atoms with Gasteiger partial charge >= 0.3 is 0 Å². The molecule has 0 saturated heterocycles. The summed E-state index contributed by atoms with van der Waals surface area (Å²) in [6.45, 7) is 7.79. The van der Waals surface area contributed by atoms with Gasteiger partial charge in [-0.05, 0) is 20.8 Å². The molecule has 0 spiro atoms.